The number of carbonyl (C=O) groups is 1. The number of fused-ring (bicyclic) bond motifs is 1. The molecule has 6 nitrogen and oxygen atoms in total. The highest BCUT2D eigenvalue weighted by molar-refractivity contribution is 5.96. The molecule has 1 aromatic carbocycles. The maximum absolute atomic E-state index is 13.1. The van der Waals surface area contributed by atoms with Gasteiger partial charge >= 0.3 is 0 Å². The molecule has 2 unspecified atom stereocenters. The number of piperidine rings is 1. The average Bonchev–Trinajstić information content (AvgIpc) is 3.45. The van der Waals surface area contributed by atoms with E-state index in [9.17, 15) is 14.9 Å². The van der Waals surface area contributed by atoms with E-state index in [0.29, 0.717) is 29.3 Å². The van der Waals surface area contributed by atoms with E-state index < -0.39 is 0 Å². The van der Waals surface area contributed by atoms with Crippen molar-refractivity contribution >= 4 is 17.3 Å². The van der Waals surface area contributed by atoms with E-state index in [1.807, 2.05) is 4.90 Å². The molecule has 25 heavy (non-hydrogen) atoms. The monoisotopic (exact) mass is 343 g/mol. The highest BCUT2D eigenvalue weighted by atomic mass is 16.6. The second-order valence-corrected chi connectivity index (χ2v) is 7.66. The smallest absolute Gasteiger partial charge is 0.293 e. The Balaban J connectivity index is 1.58. The fraction of sp³-hybridized carbons (Fsp3) is 0.632. The minimum Gasteiger partial charge on any atom is -0.377 e. The standard InChI is InChI=1S/C19H25N3O3/c23-19(21-11-3-5-13-4-1-2-6-17(13)21)14-7-10-16(20-15-8-9-15)18(12-14)22(24)25/h7,10,12-13,15,17,20H,1-6,8-9,11H2. The summed E-state index contributed by atoms with van der Waals surface area (Å²) >= 11 is 0. The van der Waals surface area contributed by atoms with Crippen molar-refractivity contribution in [2.75, 3.05) is 11.9 Å². The van der Waals surface area contributed by atoms with E-state index in [1.54, 1.807) is 12.1 Å². The maximum Gasteiger partial charge on any atom is 0.293 e. The van der Waals surface area contributed by atoms with Gasteiger partial charge in [0.15, 0.2) is 0 Å². The lowest BCUT2D eigenvalue weighted by molar-refractivity contribution is -0.384. The first-order valence-corrected chi connectivity index (χ1v) is 9.49. The largest absolute Gasteiger partial charge is 0.377 e. The molecule has 2 aliphatic carbocycles. The van der Waals surface area contributed by atoms with Gasteiger partial charge < -0.3 is 10.2 Å². The van der Waals surface area contributed by atoms with Crippen LogP contribution in [-0.4, -0.2) is 34.4 Å². The minimum atomic E-state index is -0.388. The predicted octanol–water partition coefficient (Wildman–Crippen LogP) is 3.96. The molecule has 0 aromatic heterocycles. The average molecular weight is 343 g/mol. The first-order valence-electron chi connectivity index (χ1n) is 9.49. The quantitative estimate of drug-likeness (QED) is 0.663. The number of benzene rings is 1. The molecular weight excluding hydrogens is 318 g/mol. The molecule has 2 atom stereocenters. The second kappa shape index (κ2) is 6.65. The number of nitro benzene ring substituents is 1. The van der Waals surface area contributed by atoms with E-state index in [2.05, 4.69) is 5.32 Å². The number of carbonyl (C=O) groups excluding carboxylic acids is 1. The van der Waals surface area contributed by atoms with Crippen molar-refractivity contribution < 1.29 is 9.72 Å². The Kier molecular flexibility index (Phi) is 4.36. The van der Waals surface area contributed by atoms with Gasteiger partial charge in [-0.05, 0) is 56.6 Å². The van der Waals surface area contributed by atoms with Gasteiger partial charge in [0.05, 0.1) is 4.92 Å². The van der Waals surface area contributed by atoms with E-state index >= 15 is 0 Å². The van der Waals surface area contributed by atoms with E-state index in [-0.39, 0.29) is 16.5 Å². The van der Waals surface area contributed by atoms with Gasteiger partial charge in [-0.15, -0.1) is 0 Å². The third kappa shape index (κ3) is 3.34. The van der Waals surface area contributed by atoms with Gasteiger partial charge in [0.25, 0.3) is 11.6 Å². The molecule has 6 heteroatoms. The van der Waals surface area contributed by atoms with Gasteiger partial charge in [0.1, 0.15) is 5.69 Å². The van der Waals surface area contributed by atoms with Gasteiger partial charge in [0.2, 0.25) is 0 Å². The molecule has 1 heterocycles. The Morgan fingerprint density at radius 1 is 1.12 bits per heavy atom. The number of nitrogens with one attached hydrogen (secondary N) is 1. The highest BCUT2D eigenvalue weighted by Crippen LogP contribution is 2.37. The SMILES string of the molecule is O=C(c1ccc(NC2CC2)c([N+](=O)[O-])c1)N1CCCC2CCCCC21. The fourth-order valence-corrected chi connectivity index (χ4v) is 4.43. The van der Waals surface area contributed by atoms with Crippen molar-refractivity contribution in [3.8, 4) is 0 Å². The molecule has 4 rings (SSSR count). The third-order valence-electron chi connectivity index (χ3n) is 5.88. The Bertz CT molecular complexity index is 684. The van der Waals surface area contributed by atoms with Crippen LogP contribution in [0.2, 0.25) is 0 Å². The summed E-state index contributed by atoms with van der Waals surface area (Å²) in [6, 6.07) is 5.56. The number of amides is 1. The normalized spacial score (nSPS) is 26.0. The highest BCUT2D eigenvalue weighted by Gasteiger charge is 2.36. The van der Waals surface area contributed by atoms with Crippen molar-refractivity contribution in [1.29, 1.82) is 0 Å². The number of nitrogens with zero attached hydrogens (tertiary/aromatic N) is 2. The van der Waals surface area contributed by atoms with Crippen LogP contribution in [-0.2, 0) is 0 Å². The Morgan fingerprint density at radius 2 is 1.88 bits per heavy atom. The Hall–Kier alpha value is -2.11. The number of hydrogen-bond acceptors (Lipinski definition) is 4. The zero-order chi connectivity index (χ0) is 17.4. The van der Waals surface area contributed by atoms with Crippen LogP contribution in [0.25, 0.3) is 0 Å². The maximum atomic E-state index is 13.1. The Labute approximate surface area is 147 Å². The van der Waals surface area contributed by atoms with Crippen LogP contribution in [0.15, 0.2) is 18.2 Å². The van der Waals surface area contributed by atoms with E-state index in [0.717, 1.165) is 32.2 Å². The first-order chi connectivity index (χ1) is 12.1. The molecule has 1 N–H and O–H groups in total. The lowest BCUT2D eigenvalue weighted by Gasteiger charge is -2.44. The molecule has 3 aliphatic rings. The van der Waals surface area contributed by atoms with E-state index in [1.165, 1.54) is 31.7 Å². The lowest BCUT2D eigenvalue weighted by Crippen LogP contribution is -2.49. The van der Waals surface area contributed by atoms with Crippen molar-refractivity contribution in [2.45, 2.75) is 63.5 Å². The summed E-state index contributed by atoms with van der Waals surface area (Å²) in [5.74, 6) is 0.565. The third-order valence-corrected chi connectivity index (χ3v) is 5.88. The molecule has 0 spiro atoms. The molecule has 134 valence electrons. The van der Waals surface area contributed by atoms with E-state index in [4.69, 9.17) is 0 Å². The van der Waals surface area contributed by atoms with Crippen LogP contribution >= 0.6 is 0 Å². The van der Waals surface area contributed by atoms with Crippen molar-refractivity contribution in [3.05, 3.63) is 33.9 Å². The lowest BCUT2D eigenvalue weighted by atomic mass is 9.78. The summed E-state index contributed by atoms with van der Waals surface area (Å²) in [5.41, 5.74) is 0.979. The summed E-state index contributed by atoms with van der Waals surface area (Å²) in [4.78, 5) is 26.1. The molecular formula is C19H25N3O3. The predicted molar refractivity (Wildman–Crippen MR) is 95.8 cm³/mol. The summed E-state index contributed by atoms with van der Waals surface area (Å²) in [7, 11) is 0. The van der Waals surface area contributed by atoms with Gasteiger partial charge in [-0.2, -0.15) is 0 Å². The van der Waals surface area contributed by atoms with Crippen molar-refractivity contribution in [3.63, 3.8) is 0 Å². The molecule has 1 saturated heterocycles. The molecule has 0 bridgehead atoms. The number of likely N-dealkylation sites (tertiary alicyclic amines) is 1. The molecule has 1 aromatic rings. The van der Waals surface area contributed by atoms with Crippen LogP contribution in [0.4, 0.5) is 11.4 Å². The number of anilines is 1. The van der Waals surface area contributed by atoms with Crippen LogP contribution in [0.5, 0.6) is 0 Å². The zero-order valence-corrected chi connectivity index (χ0v) is 14.4. The molecule has 3 fully saturated rings. The van der Waals surface area contributed by atoms with Crippen molar-refractivity contribution in [1.82, 2.24) is 4.90 Å². The molecule has 2 saturated carbocycles. The van der Waals surface area contributed by atoms with Crippen molar-refractivity contribution in [2.24, 2.45) is 5.92 Å². The summed E-state index contributed by atoms with van der Waals surface area (Å²) in [5, 5.41) is 14.6. The molecule has 1 aliphatic heterocycles. The topological polar surface area (TPSA) is 75.5 Å². The second-order valence-electron chi connectivity index (χ2n) is 7.66. The van der Waals surface area contributed by atoms with Crippen LogP contribution in [0.3, 0.4) is 0 Å². The van der Waals surface area contributed by atoms with Crippen LogP contribution in [0.1, 0.15) is 61.7 Å². The zero-order valence-electron chi connectivity index (χ0n) is 14.4. The Morgan fingerprint density at radius 3 is 2.64 bits per heavy atom. The molecule has 0 radical (unpaired) electrons. The van der Waals surface area contributed by atoms with Gasteiger partial charge in [-0.25, -0.2) is 0 Å². The van der Waals surface area contributed by atoms with Crippen LogP contribution < -0.4 is 5.32 Å². The number of rotatable bonds is 4. The fourth-order valence-electron chi connectivity index (χ4n) is 4.43. The van der Waals surface area contributed by atoms with Crippen LogP contribution in [0, 0.1) is 16.0 Å². The summed E-state index contributed by atoms with van der Waals surface area (Å²) in [6.45, 7) is 0.774. The summed E-state index contributed by atoms with van der Waals surface area (Å²) < 4.78 is 0. The minimum absolute atomic E-state index is 0.00922. The molecule has 1 amide bonds. The first kappa shape index (κ1) is 16.4. The summed E-state index contributed by atoms with van der Waals surface area (Å²) in [6.07, 6.45) is 9.06. The number of nitro groups is 1. The van der Waals surface area contributed by atoms with Gasteiger partial charge in [0, 0.05) is 30.3 Å². The van der Waals surface area contributed by atoms with Gasteiger partial charge in [-0.3, -0.25) is 14.9 Å². The number of hydrogen-bond donors (Lipinski definition) is 1. The van der Waals surface area contributed by atoms with Gasteiger partial charge in [-0.1, -0.05) is 12.8 Å².